The highest BCUT2D eigenvalue weighted by atomic mass is 35.5. The normalized spacial score (nSPS) is 25.3. The Morgan fingerprint density at radius 2 is 1.95 bits per heavy atom. The highest BCUT2D eigenvalue weighted by molar-refractivity contribution is 5.85. The van der Waals surface area contributed by atoms with E-state index in [0.29, 0.717) is 19.5 Å². The number of alkyl halides is 2. The number of nitrogens with zero attached hydrogens (tertiary/aromatic N) is 1. The van der Waals surface area contributed by atoms with E-state index in [4.69, 9.17) is 0 Å². The molecule has 2 fully saturated rings. The summed E-state index contributed by atoms with van der Waals surface area (Å²) < 4.78 is 26.2. The molecule has 5 nitrogen and oxygen atoms in total. The maximum absolute atomic E-state index is 13.1. The minimum atomic E-state index is -2.78. The van der Waals surface area contributed by atoms with Crippen molar-refractivity contribution in [1.29, 1.82) is 0 Å². The molecule has 1 atom stereocenters. The number of carbonyl (C=O) groups excluding carboxylic acids is 2. The lowest BCUT2D eigenvalue weighted by atomic mass is 9.93. The molecule has 2 aliphatic rings. The van der Waals surface area contributed by atoms with E-state index in [1.165, 1.54) is 0 Å². The lowest BCUT2D eigenvalue weighted by Gasteiger charge is -2.33. The van der Waals surface area contributed by atoms with Gasteiger partial charge < -0.3 is 10.2 Å². The van der Waals surface area contributed by atoms with E-state index in [1.807, 2.05) is 0 Å². The molecule has 8 heteroatoms. The van der Waals surface area contributed by atoms with Crippen molar-refractivity contribution >= 4 is 24.2 Å². The summed E-state index contributed by atoms with van der Waals surface area (Å²) in [6.07, 6.45) is 1.56. The molecule has 0 radical (unpaired) electrons. The van der Waals surface area contributed by atoms with Crippen LogP contribution in [-0.2, 0) is 9.59 Å². The van der Waals surface area contributed by atoms with Crippen molar-refractivity contribution in [2.45, 2.75) is 37.6 Å². The fraction of sp³-hybridized carbons (Fsp3) is 0.846. The SMILES string of the molecule is CNC(=O)CC1CCN(C(=O)C2CC(F)(F)CN2)CC1.Cl. The van der Waals surface area contributed by atoms with Crippen LogP contribution in [0.5, 0.6) is 0 Å². The van der Waals surface area contributed by atoms with E-state index >= 15 is 0 Å². The molecule has 2 amide bonds. The summed E-state index contributed by atoms with van der Waals surface area (Å²) in [5, 5.41) is 5.18. The summed E-state index contributed by atoms with van der Waals surface area (Å²) in [6, 6.07) is -0.763. The molecule has 2 rings (SSSR count). The van der Waals surface area contributed by atoms with Crippen LogP contribution in [0.15, 0.2) is 0 Å². The fourth-order valence-corrected chi connectivity index (χ4v) is 2.83. The number of piperidine rings is 1. The molecule has 0 aromatic rings. The van der Waals surface area contributed by atoms with Gasteiger partial charge in [0.05, 0.1) is 12.6 Å². The Morgan fingerprint density at radius 3 is 2.43 bits per heavy atom. The van der Waals surface area contributed by atoms with E-state index in [2.05, 4.69) is 10.6 Å². The van der Waals surface area contributed by atoms with E-state index in [9.17, 15) is 18.4 Å². The number of nitrogens with one attached hydrogen (secondary N) is 2. The van der Waals surface area contributed by atoms with Gasteiger partial charge in [-0.15, -0.1) is 12.4 Å². The zero-order chi connectivity index (χ0) is 14.8. The molecule has 2 N–H and O–H groups in total. The van der Waals surface area contributed by atoms with Gasteiger partial charge in [0.2, 0.25) is 11.8 Å². The van der Waals surface area contributed by atoms with Crippen LogP contribution in [0.2, 0.25) is 0 Å². The summed E-state index contributed by atoms with van der Waals surface area (Å²) in [5.74, 6) is -2.73. The first kappa shape index (κ1) is 18.1. The minimum absolute atomic E-state index is 0. The van der Waals surface area contributed by atoms with Crippen LogP contribution in [0.25, 0.3) is 0 Å². The quantitative estimate of drug-likeness (QED) is 0.806. The number of rotatable bonds is 3. The molecule has 1 unspecified atom stereocenters. The topological polar surface area (TPSA) is 61.4 Å². The van der Waals surface area contributed by atoms with Crippen molar-refractivity contribution < 1.29 is 18.4 Å². The van der Waals surface area contributed by atoms with E-state index in [0.717, 1.165) is 12.8 Å². The molecular weight excluding hydrogens is 304 g/mol. The van der Waals surface area contributed by atoms with Crippen LogP contribution < -0.4 is 10.6 Å². The number of hydrogen-bond acceptors (Lipinski definition) is 3. The Balaban J connectivity index is 0.00000220. The van der Waals surface area contributed by atoms with Crippen LogP contribution in [0.1, 0.15) is 25.7 Å². The molecule has 0 aliphatic carbocycles. The van der Waals surface area contributed by atoms with Gasteiger partial charge in [0, 0.05) is 33.0 Å². The third-order valence-electron chi connectivity index (χ3n) is 4.09. The average molecular weight is 326 g/mol. The van der Waals surface area contributed by atoms with Gasteiger partial charge in [0.15, 0.2) is 0 Å². The standard InChI is InChI=1S/C13H21F2N3O2.ClH/c1-16-11(19)6-9-2-4-18(5-3-9)12(20)10-7-13(14,15)8-17-10;/h9-10,17H,2-8H2,1H3,(H,16,19);1H. The molecule has 21 heavy (non-hydrogen) atoms. The molecule has 0 bridgehead atoms. The summed E-state index contributed by atoms with van der Waals surface area (Å²) in [4.78, 5) is 25.1. The fourth-order valence-electron chi connectivity index (χ4n) is 2.83. The van der Waals surface area contributed by atoms with Gasteiger partial charge in [0.1, 0.15) is 0 Å². The number of halogens is 3. The molecule has 0 aromatic carbocycles. The van der Waals surface area contributed by atoms with Crippen molar-refractivity contribution in [2.75, 3.05) is 26.7 Å². The Bertz CT molecular complexity index is 388. The molecule has 0 saturated carbocycles. The Labute approximate surface area is 129 Å². The Kier molecular flexibility index (Phi) is 6.34. The smallest absolute Gasteiger partial charge is 0.262 e. The van der Waals surface area contributed by atoms with Gasteiger partial charge in [-0.2, -0.15) is 0 Å². The summed E-state index contributed by atoms with van der Waals surface area (Å²) in [6.45, 7) is 0.672. The summed E-state index contributed by atoms with van der Waals surface area (Å²) in [5.41, 5.74) is 0. The zero-order valence-electron chi connectivity index (χ0n) is 12.0. The highest BCUT2D eigenvalue weighted by Gasteiger charge is 2.43. The predicted molar refractivity (Wildman–Crippen MR) is 76.6 cm³/mol. The lowest BCUT2D eigenvalue weighted by Crippen LogP contribution is -2.47. The second-order valence-electron chi connectivity index (χ2n) is 5.64. The number of amides is 2. The van der Waals surface area contributed by atoms with Crippen molar-refractivity contribution in [2.24, 2.45) is 5.92 Å². The second kappa shape index (κ2) is 7.35. The van der Waals surface area contributed by atoms with Crippen LogP contribution in [-0.4, -0.2) is 55.4 Å². The maximum Gasteiger partial charge on any atom is 0.262 e. The van der Waals surface area contributed by atoms with Crippen molar-refractivity contribution in [3.63, 3.8) is 0 Å². The van der Waals surface area contributed by atoms with Crippen LogP contribution in [0.3, 0.4) is 0 Å². The van der Waals surface area contributed by atoms with Crippen molar-refractivity contribution in [1.82, 2.24) is 15.5 Å². The van der Waals surface area contributed by atoms with Crippen LogP contribution in [0, 0.1) is 5.92 Å². The molecular formula is C13H22ClF2N3O2. The first-order valence-corrected chi connectivity index (χ1v) is 7.02. The van der Waals surface area contributed by atoms with E-state index < -0.39 is 24.9 Å². The van der Waals surface area contributed by atoms with Gasteiger partial charge in [-0.05, 0) is 18.8 Å². The van der Waals surface area contributed by atoms with E-state index in [-0.39, 0.29) is 30.1 Å². The number of carbonyl (C=O) groups is 2. The Morgan fingerprint density at radius 1 is 1.33 bits per heavy atom. The number of likely N-dealkylation sites (tertiary alicyclic amines) is 1. The minimum Gasteiger partial charge on any atom is -0.359 e. The zero-order valence-corrected chi connectivity index (χ0v) is 12.8. The third-order valence-corrected chi connectivity index (χ3v) is 4.09. The van der Waals surface area contributed by atoms with Gasteiger partial charge >= 0.3 is 0 Å². The first-order valence-electron chi connectivity index (χ1n) is 7.02. The third kappa shape index (κ3) is 4.78. The van der Waals surface area contributed by atoms with Crippen molar-refractivity contribution in [3.05, 3.63) is 0 Å². The van der Waals surface area contributed by atoms with Gasteiger partial charge in [0.25, 0.3) is 5.92 Å². The largest absolute Gasteiger partial charge is 0.359 e. The first-order chi connectivity index (χ1) is 9.41. The second-order valence-corrected chi connectivity index (χ2v) is 5.64. The Hall–Kier alpha value is -0.950. The maximum atomic E-state index is 13.1. The van der Waals surface area contributed by atoms with Crippen LogP contribution >= 0.6 is 12.4 Å². The highest BCUT2D eigenvalue weighted by Crippen LogP contribution is 2.27. The number of hydrogen-bond donors (Lipinski definition) is 2. The molecule has 2 saturated heterocycles. The molecule has 0 spiro atoms. The molecule has 2 aliphatic heterocycles. The molecule has 0 aromatic heterocycles. The monoisotopic (exact) mass is 325 g/mol. The van der Waals surface area contributed by atoms with Gasteiger partial charge in [-0.1, -0.05) is 0 Å². The molecule has 122 valence electrons. The lowest BCUT2D eigenvalue weighted by molar-refractivity contribution is -0.135. The van der Waals surface area contributed by atoms with Gasteiger partial charge in [-0.3, -0.25) is 14.9 Å². The predicted octanol–water partition coefficient (Wildman–Crippen LogP) is 0.780. The van der Waals surface area contributed by atoms with E-state index in [1.54, 1.807) is 11.9 Å². The summed E-state index contributed by atoms with van der Waals surface area (Å²) >= 11 is 0. The summed E-state index contributed by atoms with van der Waals surface area (Å²) in [7, 11) is 1.60. The van der Waals surface area contributed by atoms with Gasteiger partial charge in [-0.25, -0.2) is 8.78 Å². The molecule has 2 heterocycles. The van der Waals surface area contributed by atoms with Crippen LogP contribution in [0.4, 0.5) is 8.78 Å². The average Bonchev–Trinajstić information content (AvgIpc) is 2.79. The van der Waals surface area contributed by atoms with Crippen molar-refractivity contribution in [3.8, 4) is 0 Å².